The molecule has 1 heterocycles. The molecule has 0 aliphatic carbocycles. The highest BCUT2D eigenvalue weighted by molar-refractivity contribution is 6.30. The van der Waals surface area contributed by atoms with Gasteiger partial charge in [0.25, 0.3) is 0 Å². The summed E-state index contributed by atoms with van der Waals surface area (Å²) in [5.41, 5.74) is 0.685. The van der Waals surface area contributed by atoms with Crippen molar-refractivity contribution in [1.29, 1.82) is 0 Å². The van der Waals surface area contributed by atoms with Crippen molar-refractivity contribution in [2.75, 3.05) is 6.61 Å². The Morgan fingerprint density at radius 3 is 2.90 bits per heavy atom. The number of aromatic nitrogens is 2. The summed E-state index contributed by atoms with van der Waals surface area (Å²) in [6.07, 6.45) is 4.50. The summed E-state index contributed by atoms with van der Waals surface area (Å²) in [6, 6.07) is 6.31. The smallest absolute Gasteiger partial charge is 0.142 e. The lowest BCUT2D eigenvalue weighted by Crippen LogP contribution is -2.33. The fraction of sp³-hybridized carbons (Fsp3) is 0.400. The average molecular weight is 312 g/mol. The summed E-state index contributed by atoms with van der Waals surface area (Å²) in [4.78, 5) is 0. The minimum atomic E-state index is -0.474. The van der Waals surface area contributed by atoms with Gasteiger partial charge in [0.15, 0.2) is 0 Å². The summed E-state index contributed by atoms with van der Waals surface area (Å²) >= 11 is 5.67. The summed E-state index contributed by atoms with van der Waals surface area (Å²) in [5, 5.41) is 17.0. The highest BCUT2D eigenvalue weighted by Crippen LogP contribution is 2.20. The molecule has 6 heteroatoms. The van der Waals surface area contributed by atoms with Gasteiger partial charge in [0.2, 0.25) is 0 Å². The van der Waals surface area contributed by atoms with Crippen molar-refractivity contribution in [3.63, 3.8) is 0 Å². The number of nitrogens with one attached hydrogen (secondary N) is 1. The van der Waals surface area contributed by atoms with Gasteiger partial charge < -0.3 is 10.4 Å². The largest absolute Gasteiger partial charge is 0.394 e. The first-order valence-electron chi connectivity index (χ1n) is 6.89. The number of hydrogen-bond donors (Lipinski definition) is 2. The van der Waals surface area contributed by atoms with Crippen LogP contribution in [0.1, 0.15) is 24.9 Å². The predicted octanol–water partition coefficient (Wildman–Crippen LogP) is 2.78. The molecule has 0 amide bonds. The lowest BCUT2D eigenvalue weighted by molar-refractivity contribution is 0.231. The third kappa shape index (κ3) is 4.52. The molecule has 0 bridgehead atoms. The monoisotopic (exact) mass is 311 g/mol. The number of aliphatic hydroxyl groups excluding tert-OH is 1. The van der Waals surface area contributed by atoms with E-state index in [1.54, 1.807) is 12.3 Å². The minimum absolute atomic E-state index is 0.0853. The molecular weight excluding hydrogens is 293 g/mol. The van der Waals surface area contributed by atoms with Crippen molar-refractivity contribution in [1.82, 2.24) is 15.1 Å². The Morgan fingerprint density at radius 2 is 2.29 bits per heavy atom. The number of nitrogens with zero attached hydrogens (tertiary/aromatic N) is 2. The molecule has 0 aliphatic rings. The maximum Gasteiger partial charge on any atom is 0.142 e. The van der Waals surface area contributed by atoms with E-state index < -0.39 is 5.82 Å². The fourth-order valence-corrected chi connectivity index (χ4v) is 2.29. The lowest BCUT2D eigenvalue weighted by Gasteiger charge is -2.22. The standard InChI is InChI=1S/C15H19ClFN3O/c1-11(5-8-20-7-2-6-18-20)19-15(10-21)12-3-4-13(16)14(17)9-12/h2-4,6-7,9,11,15,19,21H,5,8,10H2,1H3. The van der Waals surface area contributed by atoms with Crippen LogP contribution in [0, 0.1) is 5.82 Å². The number of halogens is 2. The molecule has 2 atom stereocenters. The number of rotatable bonds is 7. The van der Waals surface area contributed by atoms with Crippen LogP contribution in [-0.2, 0) is 6.54 Å². The second-order valence-electron chi connectivity index (χ2n) is 5.03. The molecule has 0 fully saturated rings. The van der Waals surface area contributed by atoms with E-state index in [1.807, 2.05) is 23.9 Å². The van der Waals surface area contributed by atoms with Gasteiger partial charge in [0.05, 0.1) is 17.7 Å². The number of hydrogen-bond acceptors (Lipinski definition) is 3. The maximum absolute atomic E-state index is 13.5. The lowest BCUT2D eigenvalue weighted by atomic mass is 10.1. The predicted molar refractivity (Wildman–Crippen MR) is 80.7 cm³/mol. The van der Waals surface area contributed by atoms with Crippen LogP contribution < -0.4 is 5.32 Å². The van der Waals surface area contributed by atoms with Crippen LogP contribution in [0.5, 0.6) is 0 Å². The Labute approximate surface area is 128 Å². The van der Waals surface area contributed by atoms with Crippen molar-refractivity contribution >= 4 is 11.6 Å². The summed E-state index contributed by atoms with van der Waals surface area (Å²) in [5.74, 6) is -0.474. The van der Waals surface area contributed by atoms with E-state index in [-0.39, 0.29) is 23.7 Å². The second kappa shape index (κ2) is 7.54. The van der Waals surface area contributed by atoms with Gasteiger partial charge in [-0.05, 0) is 37.1 Å². The van der Waals surface area contributed by atoms with Crippen molar-refractivity contribution in [2.45, 2.75) is 32.0 Å². The van der Waals surface area contributed by atoms with Gasteiger partial charge in [-0.25, -0.2) is 4.39 Å². The van der Waals surface area contributed by atoms with Crippen molar-refractivity contribution < 1.29 is 9.50 Å². The van der Waals surface area contributed by atoms with Crippen LogP contribution in [0.2, 0.25) is 5.02 Å². The van der Waals surface area contributed by atoms with Gasteiger partial charge in [-0.2, -0.15) is 5.10 Å². The van der Waals surface area contributed by atoms with E-state index in [2.05, 4.69) is 10.4 Å². The zero-order chi connectivity index (χ0) is 15.2. The third-order valence-corrected chi connectivity index (χ3v) is 3.67. The van der Waals surface area contributed by atoms with Crippen LogP contribution in [-0.4, -0.2) is 27.5 Å². The molecule has 1 aromatic carbocycles. The first-order chi connectivity index (χ1) is 10.1. The van der Waals surface area contributed by atoms with Crippen LogP contribution in [0.25, 0.3) is 0 Å². The first kappa shape index (κ1) is 15.9. The zero-order valence-corrected chi connectivity index (χ0v) is 12.6. The Hall–Kier alpha value is -1.43. The van der Waals surface area contributed by atoms with E-state index >= 15 is 0 Å². The van der Waals surface area contributed by atoms with E-state index in [1.165, 1.54) is 12.1 Å². The second-order valence-corrected chi connectivity index (χ2v) is 5.44. The molecule has 21 heavy (non-hydrogen) atoms. The number of aryl methyl sites for hydroxylation is 1. The van der Waals surface area contributed by atoms with Gasteiger partial charge in [-0.15, -0.1) is 0 Å². The minimum Gasteiger partial charge on any atom is -0.394 e. The quantitative estimate of drug-likeness (QED) is 0.826. The van der Waals surface area contributed by atoms with Crippen molar-refractivity contribution in [3.8, 4) is 0 Å². The Kier molecular flexibility index (Phi) is 5.73. The van der Waals surface area contributed by atoms with E-state index in [4.69, 9.17) is 11.6 Å². The summed E-state index contributed by atoms with van der Waals surface area (Å²) in [7, 11) is 0. The van der Waals surface area contributed by atoms with Gasteiger partial charge in [-0.3, -0.25) is 4.68 Å². The molecular formula is C15H19ClFN3O. The van der Waals surface area contributed by atoms with E-state index in [9.17, 15) is 9.50 Å². The molecule has 2 rings (SSSR count). The van der Waals surface area contributed by atoms with E-state index in [0.717, 1.165) is 13.0 Å². The van der Waals surface area contributed by atoms with Gasteiger partial charge in [-0.1, -0.05) is 17.7 Å². The van der Waals surface area contributed by atoms with Crippen LogP contribution in [0.3, 0.4) is 0 Å². The van der Waals surface area contributed by atoms with Crippen LogP contribution in [0.4, 0.5) is 4.39 Å². The van der Waals surface area contributed by atoms with Crippen LogP contribution >= 0.6 is 11.6 Å². The summed E-state index contributed by atoms with van der Waals surface area (Å²) < 4.78 is 15.3. The van der Waals surface area contributed by atoms with Crippen molar-refractivity contribution in [3.05, 3.63) is 53.1 Å². The highest BCUT2D eigenvalue weighted by Gasteiger charge is 2.15. The summed E-state index contributed by atoms with van der Waals surface area (Å²) in [6.45, 7) is 2.71. The zero-order valence-electron chi connectivity index (χ0n) is 11.8. The Morgan fingerprint density at radius 1 is 1.48 bits per heavy atom. The topological polar surface area (TPSA) is 50.1 Å². The highest BCUT2D eigenvalue weighted by atomic mass is 35.5. The Balaban J connectivity index is 1.92. The molecule has 0 spiro atoms. The number of benzene rings is 1. The third-order valence-electron chi connectivity index (χ3n) is 3.36. The first-order valence-corrected chi connectivity index (χ1v) is 7.27. The molecule has 0 radical (unpaired) electrons. The van der Waals surface area contributed by atoms with Gasteiger partial charge in [0, 0.05) is 25.0 Å². The molecule has 2 aromatic rings. The molecule has 114 valence electrons. The maximum atomic E-state index is 13.5. The molecule has 1 aromatic heterocycles. The van der Waals surface area contributed by atoms with Crippen molar-refractivity contribution in [2.24, 2.45) is 0 Å². The van der Waals surface area contributed by atoms with E-state index in [0.29, 0.717) is 5.56 Å². The average Bonchev–Trinajstić information content (AvgIpc) is 2.99. The molecule has 0 aliphatic heterocycles. The molecule has 2 N–H and O–H groups in total. The SMILES string of the molecule is CC(CCn1cccn1)NC(CO)c1ccc(Cl)c(F)c1. The fourth-order valence-electron chi connectivity index (χ4n) is 2.17. The molecule has 0 saturated heterocycles. The molecule has 0 saturated carbocycles. The molecule has 4 nitrogen and oxygen atoms in total. The molecule has 2 unspecified atom stereocenters. The van der Waals surface area contributed by atoms with Gasteiger partial charge >= 0.3 is 0 Å². The normalized spacial score (nSPS) is 14.1. The number of aliphatic hydroxyl groups is 1. The van der Waals surface area contributed by atoms with Gasteiger partial charge in [0.1, 0.15) is 5.82 Å². The van der Waals surface area contributed by atoms with Crippen LogP contribution in [0.15, 0.2) is 36.7 Å². The Bertz CT molecular complexity index is 562.